The van der Waals surface area contributed by atoms with Gasteiger partial charge in [0.15, 0.2) is 5.78 Å². The molecule has 0 spiro atoms. The predicted molar refractivity (Wildman–Crippen MR) is 63.7 cm³/mol. The van der Waals surface area contributed by atoms with Gasteiger partial charge in [-0.05, 0) is 26.3 Å². The SMILES string of the molecule is COC(=O)C1C2COC3(C)C2C=C(C)C(=O)C13C. The zero-order chi connectivity index (χ0) is 13.3. The van der Waals surface area contributed by atoms with E-state index >= 15 is 0 Å². The molecule has 4 nitrogen and oxygen atoms in total. The summed E-state index contributed by atoms with van der Waals surface area (Å²) >= 11 is 0. The predicted octanol–water partition coefficient (Wildman–Crippen LogP) is 1.35. The molecule has 0 amide bonds. The molecular formula is C14H18O4. The molecular weight excluding hydrogens is 232 g/mol. The third kappa shape index (κ3) is 0.981. The van der Waals surface area contributed by atoms with Crippen LogP contribution in [0.25, 0.3) is 0 Å². The van der Waals surface area contributed by atoms with E-state index in [1.807, 2.05) is 26.8 Å². The maximum Gasteiger partial charge on any atom is 0.310 e. The Kier molecular flexibility index (Phi) is 2.14. The first-order valence-electron chi connectivity index (χ1n) is 6.33. The Bertz CT molecular complexity index is 480. The summed E-state index contributed by atoms with van der Waals surface area (Å²) < 4.78 is 10.8. The first-order valence-corrected chi connectivity index (χ1v) is 6.33. The molecule has 1 aliphatic heterocycles. The summed E-state index contributed by atoms with van der Waals surface area (Å²) in [4.78, 5) is 24.7. The fourth-order valence-electron chi connectivity index (χ4n) is 4.36. The quantitative estimate of drug-likeness (QED) is 0.659. The minimum atomic E-state index is -0.785. The van der Waals surface area contributed by atoms with Crippen molar-refractivity contribution in [2.24, 2.45) is 23.2 Å². The maximum absolute atomic E-state index is 12.6. The lowest BCUT2D eigenvalue weighted by Gasteiger charge is -2.46. The molecule has 0 radical (unpaired) electrons. The number of hydrogen-bond acceptors (Lipinski definition) is 4. The number of carbonyl (C=O) groups is 2. The van der Waals surface area contributed by atoms with Crippen molar-refractivity contribution < 1.29 is 19.1 Å². The molecule has 2 aliphatic carbocycles. The average Bonchev–Trinajstić information content (AvgIpc) is 2.72. The zero-order valence-corrected chi connectivity index (χ0v) is 11.1. The number of hydrogen-bond donors (Lipinski definition) is 0. The van der Waals surface area contributed by atoms with Crippen LogP contribution in [-0.4, -0.2) is 31.1 Å². The van der Waals surface area contributed by atoms with Crippen molar-refractivity contribution in [2.75, 3.05) is 13.7 Å². The van der Waals surface area contributed by atoms with Crippen LogP contribution in [0.5, 0.6) is 0 Å². The summed E-state index contributed by atoms with van der Waals surface area (Å²) in [5.41, 5.74) is -0.596. The van der Waals surface area contributed by atoms with Crippen molar-refractivity contribution in [2.45, 2.75) is 26.4 Å². The number of Topliss-reactive ketones (excluding diaryl/α,β-unsaturated/α-hetero) is 1. The van der Waals surface area contributed by atoms with E-state index in [0.717, 1.165) is 5.57 Å². The lowest BCUT2D eigenvalue weighted by atomic mass is 9.62. The molecule has 18 heavy (non-hydrogen) atoms. The van der Waals surface area contributed by atoms with Gasteiger partial charge in [-0.1, -0.05) is 6.08 Å². The van der Waals surface area contributed by atoms with Crippen molar-refractivity contribution >= 4 is 11.8 Å². The Balaban J connectivity index is 2.20. The molecule has 0 aromatic rings. The minimum Gasteiger partial charge on any atom is -0.469 e. The molecule has 4 bridgehead atoms. The number of ether oxygens (including phenoxy) is 2. The van der Waals surface area contributed by atoms with Gasteiger partial charge in [0.25, 0.3) is 0 Å². The summed E-state index contributed by atoms with van der Waals surface area (Å²) in [6, 6.07) is 0. The van der Waals surface area contributed by atoms with Crippen molar-refractivity contribution in [3.05, 3.63) is 11.6 Å². The third-order valence-corrected chi connectivity index (χ3v) is 5.47. The number of ketones is 1. The monoisotopic (exact) mass is 250 g/mol. The number of carbonyl (C=O) groups excluding carboxylic acids is 2. The first-order chi connectivity index (χ1) is 8.38. The number of allylic oxidation sites excluding steroid dienone is 1. The van der Waals surface area contributed by atoms with Gasteiger partial charge in [0, 0.05) is 11.8 Å². The fourth-order valence-corrected chi connectivity index (χ4v) is 4.36. The largest absolute Gasteiger partial charge is 0.469 e. The molecule has 1 heterocycles. The van der Waals surface area contributed by atoms with Crippen LogP contribution in [0.3, 0.4) is 0 Å². The standard InChI is InChI=1S/C14H18O4/c1-7-5-9-8-6-18-14(9,3)13(2,11(7)15)10(8)12(16)17-4/h5,8-10H,6H2,1-4H3. The van der Waals surface area contributed by atoms with Crippen LogP contribution in [0, 0.1) is 23.2 Å². The number of esters is 1. The van der Waals surface area contributed by atoms with Crippen LogP contribution < -0.4 is 0 Å². The maximum atomic E-state index is 12.6. The molecule has 5 atom stereocenters. The molecule has 5 unspecified atom stereocenters. The van der Waals surface area contributed by atoms with Gasteiger partial charge in [0.1, 0.15) is 0 Å². The van der Waals surface area contributed by atoms with E-state index in [2.05, 4.69) is 0 Å². The molecule has 98 valence electrons. The summed E-state index contributed by atoms with van der Waals surface area (Å²) in [5.74, 6) is -0.430. The highest BCUT2D eigenvalue weighted by molar-refractivity contribution is 6.05. The molecule has 3 rings (SSSR count). The third-order valence-electron chi connectivity index (χ3n) is 5.47. The van der Waals surface area contributed by atoms with Crippen LogP contribution >= 0.6 is 0 Å². The fraction of sp³-hybridized carbons (Fsp3) is 0.714. The summed E-state index contributed by atoms with van der Waals surface area (Å²) in [7, 11) is 1.38. The van der Waals surface area contributed by atoms with E-state index < -0.39 is 11.0 Å². The number of rotatable bonds is 1. The van der Waals surface area contributed by atoms with Gasteiger partial charge >= 0.3 is 5.97 Å². The van der Waals surface area contributed by atoms with Crippen LogP contribution in [0.4, 0.5) is 0 Å². The van der Waals surface area contributed by atoms with Gasteiger partial charge in [-0.15, -0.1) is 0 Å². The smallest absolute Gasteiger partial charge is 0.310 e. The van der Waals surface area contributed by atoms with Crippen LogP contribution in [0.1, 0.15) is 20.8 Å². The van der Waals surface area contributed by atoms with Gasteiger partial charge in [0.05, 0.1) is 30.7 Å². The summed E-state index contributed by atoms with van der Waals surface area (Å²) in [6.45, 7) is 6.18. The molecule has 1 saturated heterocycles. The molecule has 0 aromatic carbocycles. The minimum absolute atomic E-state index is 0.0267. The van der Waals surface area contributed by atoms with Crippen LogP contribution in [-0.2, 0) is 19.1 Å². The normalized spacial score (nSPS) is 49.2. The lowest BCUT2D eigenvalue weighted by molar-refractivity contribution is -0.177. The van der Waals surface area contributed by atoms with Crippen molar-refractivity contribution in [3.8, 4) is 0 Å². The lowest BCUT2D eigenvalue weighted by Crippen LogP contribution is -2.57. The zero-order valence-electron chi connectivity index (χ0n) is 11.1. The number of methoxy groups -OCH3 is 1. The first kappa shape index (κ1) is 11.9. The Morgan fingerprint density at radius 2 is 2.17 bits per heavy atom. The van der Waals surface area contributed by atoms with Crippen molar-refractivity contribution in [3.63, 3.8) is 0 Å². The molecule has 1 saturated carbocycles. The van der Waals surface area contributed by atoms with Crippen molar-refractivity contribution in [1.82, 2.24) is 0 Å². The summed E-state index contributed by atoms with van der Waals surface area (Å²) in [5, 5.41) is 0. The van der Waals surface area contributed by atoms with Gasteiger partial charge < -0.3 is 9.47 Å². The van der Waals surface area contributed by atoms with E-state index in [1.165, 1.54) is 7.11 Å². The van der Waals surface area contributed by atoms with E-state index in [0.29, 0.717) is 6.61 Å². The van der Waals surface area contributed by atoms with Crippen molar-refractivity contribution in [1.29, 1.82) is 0 Å². The Morgan fingerprint density at radius 3 is 2.78 bits per heavy atom. The second-order valence-electron chi connectivity index (χ2n) is 5.99. The van der Waals surface area contributed by atoms with E-state index in [4.69, 9.17) is 9.47 Å². The van der Waals surface area contributed by atoms with Crippen LogP contribution in [0.15, 0.2) is 11.6 Å². The average molecular weight is 250 g/mol. The second-order valence-corrected chi connectivity index (χ2v) is 5.99. The molecule has 2 fully saturated rings. The van der Waals surface area contributed by atoms with E-state index in [1.54, 1.807) is 0 Å². The highest BCUT2D eigenvalue weighted by atomic mass is 16.5. The van der Waals surface area contributed by atoms with Gasteiger partial charge in [-0.3, -0.25) is 9.59 Å². The van der Waals surface area contributed by atoms with E-state index in [9.17, 15) is 9.59 Å². The molecule has 0 N–H and O–H groups in total. The molecule has 4 heteroatoms. The Labute approximate surface area is 106 Å². The highest BCUT2D eigenvalue weighted by Crippen LogP contribution is 2.66. The highest BCUT2D eigenvalue weighted by Gasteiger charge is 2.75. The molecule has 3 aliphatic rings. The van der Waals surface area contributed by atoms with E-state index in [-0.39, 0.29) is 29.5 Å². The van der Waals surface area contributed by atoms with Gasteiger partial charge in [-0.2, -0.15) is 0 Å². The second kappa shape index (κ2) is 3.23. The molecule has 0 aromatic heterocycles. The Morgan fingerprint density at radius 1 is 1.50 bits per heavy atom. The van der Waals surface area contributed by atoms with Gasteiger partial charge in [-0.25, -0.2) is 0 Å². The summed E-state index contributed by atoms with van der Waals surface area (Å²) in [6.07, 6.45) is 1.99. The Hall–Kier alpha value is -1.16. The van der Waals surface area contributed by atoms with Gasteiger partial charge in [0.2, 0.25) is 0 Å². The van der Waals surface area contributed by atoms with Crippen LogP contribution in [0.2, 0.25) is 0 Å². The topological polar surface area (TPSA) is 52.6 Å².